The topological polar surface area (TPSA) is 17.8 Å². The molecule has 1 aromatic heterocycles. The van der Waals surface area contributed by atoms with E-state index in [1.54, 1.807) is 4.68 Å². The van der Waals surface area contributed by atoms with Crippen LogP contribution in [0.5, 0.6) is 0 Å². The van der Waals surface area contributed by atoms with E-state index in [0.717, 1.165) is 16.8 Å². The SMILES string of the molecule is [c]1c(-c2ccccc2)cnn1-c1ccccc1. The highest BCUT2D eigenvalue weighted by Crippen LogP contribution is 2.18. The highest BCUT2D eigenvalue weighted by atomic mass is 15.3. The highest BCUT2D eigenvalue weighted by molar-refractivity contribution is 5.61. The Morgan fingerprint density at radius 1 is 0.824 bits per heavy atom. The second kappa shape index (κ2) is 4.26. The number of aromatic nitrogens is 2. The molecule has 2 aromatic carbocycles. The van der Waals surface area contributed by atoms with Crippen molar-refractivity contribution in [3.05, 3.63) is 73.1 Å². The van der Waals surface area contributed by atoms with Crippen molar-refractivity contribution in [1.82, 2.24) is 9.78 Å². The van der Waals surface area contributed by atoms with Gasteiger partial charge in [-0.15, -0.1) is 0 Å². The van der Waals surface area contributed by atoms with Crippen LogP contribution in [-0.4, -0.2) is 9.78 Å². The predicted octanol–water partition coefficient (Wildman–Crippen LogP) is 3.34. The molecule has 17 heavy (non-hydrogen) atoms. The summed E-state index contributed by atoms with van der Waals surface area (Å²) in [4.78, 5) is 0. The first kappa shape index (κ1) is 9.85. The van der Waals surface area contributed by atoms with E-state index in [9.17, 15) is 0 Å². The van der Waals surface area contributed by atoms with Gasteiger partial charge >= 0.3 is 0 Å². The van der Waals surface area contributed by atoms with E-state index in [4.69, 9.17) is 0 Å². The number of hydrogen-bond donors (Lipinski definition) is 0. The third-order valence-electron chi connectivity index (χ3n) is 2.61. The number of hydrogen-bond acceptors (Lipinski definition) is 1. The molecule has 0 unspecified atom stereocenters. The van der Waals surface area contributed by atoms with Crippen molar-refractivity contribution in [3.8, 4) is 16.8 Å². The minimum absolute atomic E-state index is 1.01. The monoisotopic (exact) mass is 219 g/mol. The van der Waals surface area contributed by atoms with E-state index in [1.807, 2.05) is 54.7 Å². The van der Waals surface area contributed by atoms with Crippen LogP contribution < -0.4 is 0 Å². The van der Waals surface area contributed by atoms with Crippen molar-refractivity contribution in [3.63, 3.8) is 0 Å². The lowest BCUT2D eigenvalue weighted by Crippen LogP contribution is -1.92. The van der Waals surface area contributed by atoms with Gasteiger partial charge in [-0.2, -0.15) is 5.10 Å². The Hall–Kier alpha value is -2.35. The van der Waals surface area contributed by atoms with Gasteiger partial charge in [0.15, 0.2) is 0 Å². The lowest BCUT2D eigenvalue weighted by molar-refractivity contribution is 0.874. The molecule has 1 heterocycles. The molecule has 3 rings (SSSR count). The van der Waals surface area contributed by atoms with Crippen molar-refractivity contribution in [2.75, 3.05) is 0 Å². The summed E-state index contributed by atoms with van der Waals surface area (Å²) >= 11 is 0. The maximum atomic E-state index is 4.32. The Bertz CT molecular complexity index is 543. The van der Waals surface area contributed by atoms with Gasteiger partial charge in [-0.1, -0.05) is 48.5 Å². The third kappa shape index (κ3) is 1.97. The Morgan fingerprint density at radius 2 is 1.47 bits per heavy atom. The number of benzene rings is 2. The molecule has 81 valence electrons. The zero-order chi connectivity index (χ0) is 11.5. The maximum Gasteiger partial charge on any atom is 0.101 e. The molecule has 0 saturated carbocycles. The van der Waals surface area contributed by atoms with Crippen LogP contribution in [0.2, 0.25) is 0 Å². The Kier molecular flexibility index (Phi) is 2.47. The second-order valence-corrected chi connectivity index (χ2v) is 3.78. The molecule has 0 fully saturated rings. The molecule has 3 aromatic rings. The Labute approximate surface area is 100 Å². The van der Waals surface area contributed by atoms with Gasteiger partial charge in [0.2, 0.25) is 0 Å². The second-order valence-electron chi connectivity index (χ2n) is 3.78. The first-order valence-electron chi connectivity index (χ1n) is 5.52. The third-order valence-corrected chi connectivity index (χ3v) is 2.61. The van der Waals surface area contributed by atoms with E-state index in [1.165, 1.54) is 0 Å². The molecule has 1 radical (unpaired) electrons. The summed E-state index contributed by atoms with van der Waals surface area (Å²) in [6, 6.07) is 20.2. The summed E-state index contributed by atoms with van der Waals surface area (Å²) in [5, 5.41) is 4.32. The summed E-state index contributed by atoms with van der Waals surface area (Å²) in [5.74, 6) is 0. The van der Waals surface area contributed by atoms with Gasteiger partial charge in [-0.05, 0) is 17.7 Å². The largest absolute Gasteiger partial charge is 0.231 e. The molecule has 0 atom stereocenters. The molecule has 0 aliphatic heterocycles. The van der Waals surface area contributed by atoms with Gasteiger partial charge in [0, 0.05) is 5.56 Å². The Balaban J connectivity index is 1.99. The van der Waals surface area contributed by atoms with Crippen molar-refractivity contribution in [1.29, 1.82) is 0 Å². The summed E-state index contributed by atoms with van der Waals surface area (Å²) < 4.78 is 1.77. The van der Waals surface area contributed by atoms with E-state index >= 15 is 0 Å². The summed E-state index contributed by atoms with van der Waals surface area (Å²) in [7, 11) is 0. The molecule has 2 heteroatoms. The molecule has 0 aliphatic carbocycles. The minimum atomic E-state index is 1.01. The van der Waals surface area contributed by atoms with E-state index in [0.29, 0.717) is 0 Å². The number of para-hydroxylation sites is 1. The van der Waals surface area contributed by atoms with Gasteiger partial charge in [0.1, 0.15) is 6.20 Å². The highest BCUT2D eigenvalue weighted by Gasteiger charge is 2.02. The van der Waals surface area contributed by atoms with Crippen molar-refractivity contribution >= 4 is 0 Å². The first-order valence-corrected chi connectivity index (χ1v) is 5.52. The fraction of sp³-hybridized carbons (Fsp3) is 0. The summed E-state index contributed by atoms with van der Waals surface area (Å²) in [6.07, 6.45) is 5.09. The zero-order valence-electron chi connectivity index (χ0n) is 9.25. The standard InChI is InChI=1S/C15H11N2/c1-3-7-13(8-4-1)14-11-16-17(12-14)15-9-5-2-6-10-15/h1-11H. The number of nitrogens with zero attached hydrogens (tertiary/aromatic N) is 2. The quantitative estimate of drug-likeness (QED) is 0.646. The van der Waals surface area contributed by atoms with Gasteiger partial charge in [0.05, 0.1) is 11.9 Å². The van der Waals surface area contributed by atoms with E-state index in [-0.39, 0.29) is 0 Å². The van der Waals surface area contributed by atoms with Crippen LogP contribution in [0.4, 0.5) is 0 Å². The lowest BCUT2D eigenvalue weighted by Gasteiger charge is -1.98. The van der Waals surface area contributed by atoms with Crippen LogP contribution in [0.15, 0.2) is 66.9 Å². The maximum absolute atomic E-state index is 4.32. The fourth-order valence-electron chi connectivity index (χ4n) is 1.74. The average molecular weight is 219 g/mol. The molecular weight excluding hydrogens is 208 g/mol. The molecule has 0 spiro atoms. The van der Waals surface area contributed by atoms with Gasteiger partial charge < -0.3 is 0 Å². The molecule has 0 amide bonds. The first-order chi connectivity index (χ1) is 8.43. The minimum Gasteiger partial charge on any atom is -0.231 e. The fourth-order valence-corrected chi connectivity index (χ4v) is 1.74. The Morgan fingerprint density at radius 3 is 2.18 bits per heavy atom. The number of rotatable bonds is 2. The summed E-state index contributed by atoms with van der Waals surface area (Å²) in [6.45, 7) is 0. The summed E-state index contributed by atoms with van der Waals surface area (Å²) in [5.41, 5.74) is 3.17. The zero-order valence-corrected chi connectivity index (χ0v) is 9.25. The molecular formula is C15H11N2. The van der Waals surface area contributed by atoms with Crippen LogP contribution >= 0.6 is 0 Å². The molecule has 0 bridgehead atoms. The average Bonchev–Trinajstić information content (AvgIpc) is 2.90. The molecule has 0 saturated heterocycles. The van der Waals surface area contributed by atoms with Crippen LogP contribution in [0.1, 0.15) is 0 Å². The van der Waals surface area contributed by atoms with Crippen LogP contribution in [0.3, 0.4) is 0 Å². The van der Waals surface area contributed by atoms with Crippen molar-refractivity contribution < 1.29 is 0 Å². The van der Waals surface area contributed by atoms with E-state index < -0.39 is 0 Å². The normalized spacial score (nSPS) is 10.4. The molecule has 0 aliphatic rings. The van der Waals surface area contributed by atoms with Crippen LogP contribution in [0.25, 0.3) is 16.8 Å². The van der Waals surface area contributed by atoms with E-state index in [2.05, 4.69) is 23.4 Å². The van der Waals surface area contributed by atoms with Gasteiger partial charge in [-0.25, -0.2) is 4.68 Å². The van der Waals surface area contributed by atoms with Crippen LogP contribution in [-0.2, 0) is 0 Å². The van der Waals surface area contributed by atoms with Crippen LogP contribution in [0, 0.1) is 6.20 Å². The molecule has 2 nitrogen and oxygen atoms in total. The van der Waals surface area contributed by atoms with Crippen molar-refractivity contribution in [2.24, 2.45) is 0 Å². The predicted molar refractivity (Wildman–Crippen MR) is 67.8 cm³/mol. The lowest BCUT2D eigenvalue weighted by atomic mass is 10.1. The van der Waals surface area contributed by atoms with Gasteiger partial charge in [0.25, 0.3) is 0 Å². The smallest absolute Gasteiger partial charge is 0.101 e. The van der Waals surface area contributed by atoms with Gasteiger partial charge in [-0.3, -0.25) is 0 Å². The molecule has 0 N–H and O–H groups in total. The van der Waals surface area contributed by atoms with Crippen molar-refractivity contribution in [2.45, 2.75) is 0 Å².